The Morgan fingerprint density at radius 1 is 1.17 bits per heavy atom. The van der Waals surface area contributed by atoms with Crippen LogP contribution in [0.4, 0.5) is 11.4 Å². The molecule has 0 saturated heterocycles. The zero-order valence-electron chi connectivity index (χ0n) is 9.17. The third-order valence-electron chi connectivity index (χ3n) is 2.26. The highest BCUT2D eigenvalue weighted by Crippen LogP contribution is 2.35. The van der Waals surface area contributed by atoms with Gasteiger partial charge in [-0.05, 0) is 24.3 Å². The number of nitrogens with zero attached hydrogens (tertiary/aromatic N) is 1. The third-order valence-corrected chi connectivity index (χ3v) is 2.49. The van der Waals surface area contributed by atoms with Gasteiger partial charge < -0.3 is 10.5 Å². The number of nitrogen functional groups attached to an aromatic ring is 1. The number of rotatable bonds is 3. The fourth-order valence-corrected chi connectivity index (χ4v) is 1.58. The molecule has 0 saturated carbocycles. The fourth-order valence-electron chi connectivity index (χ4n) is 1.41. The molecule has 0 aromatic heterocycles. The highest BCUT2D eigenvalue weighted by atomic mass is 35.5. The largest absolute Gasteiger partial charge is 0.448 e. The molecule has 0 bridgehead atoms. The summed E-state index contributed by atoms with van der Waals surface area (Å²) in [4.78, 5) is 10.3. The van der Waals surface area contributed by atoms with E-state index in [9.17, 15) is 10.1 Å². The van der Waals surface area contributed by atoms with E-state index in [2.05, 4.69) is 0 Å². The Bertz CT molecular complexity index is 602. The molecule has 0 aliphatic rings. The summed E-state index contributed by atoms with van der Waals surface area (Å²) < 4.78 is 5.43. The van der Waals surface area contributed by atoms with Crippen molar-refractivity contribution in [1.29, 1.82) is 0 Å². The van der Waals surface area contributed by atoms with Crippen molar-refractivity contribution in [2.75, 3.05) is 5.73 Å². The maximum Gasteiger partial charge on any atom is 0.313 e. The first kappa shape index (κ1) is 12.2. The average Bonchev–Trinajstić information content (AvgIpc) is 2.34. The number of nitrogens with two attached hydrogens (primary N) is 1. The molecular formula is C12H9ClN2O3. The Balaban J connectivity index is 2.41. The lowest BCUT2D eigenvalue weighted by Gasteiger charge is -2.08. The Morgan fingerprint density at radius 3 is 2.56 bits per heavy atom. The van der Waals surface area contributed by atoms with Crippen molar-refractivity contribution >= 4 is 23.0 Å². The summed E-state index contributed by atoms with van der Waals surface area (Å²) in [7, 11) is 0. The Morgan fingerprint density at radius 2 is 1.89 bits per heavy atom. The van der Waals surface area contributed by atoms with E-state index in [0.29, 0.717) is 11.4 Å². The van der Waals surface area contributed by atoms with E-state index in [4.69, 9.17) is 22.1 Å². The first-order valence-electron chi connectivity index (χ1n) is 5.04. The van der Waals surface area contributed by atoms with Gasteiger partial charge in [-0.15, -0.1) is 0 Å². The number of benzene rings is 2. The monoisotopic (exact) mass is 264 g/mol. The molecule has 0 unspecified atom stereocenters. The van der Waals surface area contributed by atoms with Gasteiger partial charge in [0.15, 0.2) is 5.75 Å². The number of para-hydroxylation sites is 2. The molecular weight excluding hydrogens is 256 g/mol. The van der Waals surface area contributed by atoms with Gasteiger partial charge in [0.25, 0.3) is 0 Å². The van der Waals surface area contributed by atoms with Crippen LogP contribution in [0.2, 0.25) is 5.02 Å². The molecule has 18 heavy (non-hydrogen) atoms. The summed E-state index contributed by atoms with van der Waals surface area (Å²) in [6.45, 7) is 0. The van der Waals surface area contributed by atoms with Gasteiger partial charge in [-0.3, -0.25) is 10.1 Å². The minimum Gasteiger partial charge on any atom is -0.448 e. The molecule has 2 aromatic rings. The smallest absolute Gasteiger partial charge is 0.313 e. The van der Waals surface area contributed by atoms with Gasteiger partial charge in [-0.25, -0.2) is 0 Å². The molecule has 6 heteroatoms. The zero-order chi connectivity index (χ0) is 13.1. The van der Waals surface area contributed by atoms with Crippen LogP contribution >= 0.6 is 11.6 Å². The maximum absolute atomic E-state index is 10.9. The van der Waals surface area contributed by atoms with Crippen LogP contribution in [-0.4, -0.2) is 4.92 Å². The minimum atomic E-state index is -0.555. The van der Waals surface area contributed by atoms with Crippen molar-refractivity contribution < 1.29 is 9.66 Å². The minimum absolute atomic E-state index is 0.0994. The van der Waals surface area contributed by atoms with Crippen molar-refractivity contribution in [2.45, 2.75) is 0 Å². The van der Waals surface area contributed by atoms with Crippen LogP contribution in [0.1, 0.15) is 0 Å². The van der Waals surface area contributed by atoms with Crippen molar-refractivity contribution in [1.82, 2.24) is 0 Å². The molecule has 2 rings (SSSR count). The quantitative estimate of drug-likeness (QED) is 0.522. The second kappa shape index (κ2) is 4.93. The second-order valence-corrected chi connectivity index (χ2v) is 3.95. The molecule has 2 N–H and O–H groups in total. The normalized spacial score (nSPS) is 10.1. The molecule has 0 spiro atoms. The Hall–Kier alpha value is -2.27. The van der Waals surface area contributed by atoms with Gasteiger partial charge in [-0.1, -0.05) is 23.7 Å². The molecule has 0 fully saturated rings. The highest BCUT2D eigenvalue weighted by molar-refractivity contribution is 6.30. The van der Waals surface area contributed by atoms with Crippen LogP contribution in [0.3, 0.4) is 0 Å². The SMILES string of the molecule is Nc1ccccc1Oc1ccc(Cl)cc1[N+](=O)[O-]. The standard InChI is InChI=1S/C12H9ClN2O3/c13-8-5-6-12(10(7-8)15(16)17)18-11-4-2-1-3-9(11)14/h1-7H,14H2. The van der Waals surface area contributed by atoms with E-state index in [1.54, 1.807) is 24.3 Å². The lowest BCUT2D eigenvalue weighted by molar-refractivity contribution is -0.385. The summed E-state index contributed by atoms with van der Waals surface area (Å²) in [5.41, 5.74) is 5.90. The van der Waals surface area contributed by atoms with Crippen LogP contribution in [0.15, 0.2) is 42.5 Å². The van der Waals surface area contributed by atoms with Crippen molar-refractivity contribution in [3.8, 4) is 11.5 Å². The number of halogens is 1. The number of hydrogen-bond acceptors (Lipinski definition) is 4. The average molecular weight is 265 g/mol. The van der Waals surface area contributed by atoms with E-state index in [0.717, 1.165) is 0 Å². The van der Waals surface area contributed by atoms with E-state index < -0.39 is 4.92 Å². The summed E-state index contributed by atoms with van der Waals surface area (Å²) in [5, 5.41) is 11.2. The number of nitro groups is 1. The van der Waals surface area contributed by atoms with E-state index in [1.165, 1.54) is 18.2 Å². The number of hydrogen-bond donors (Lipinski definition) is 1. The van der Waals surface area contributed by atoms with E-state index >= 15 is 0 Å². The van der Waals surface area contributed by atoms with E-state index in [1.807, 2.05) is 0 Å². The van der Waals surface area contributed by atoms with Gasteiger partial charge in [0.05, 0.1) is 10.6 Å². The lowest BCUT2D eigenvalue weighted by atomic mass is 10.2. The third kappa shape index (κ3) is 2.52. The fraction of sp³-hybridized carbons (Fsp3) is 0. The molecule has 92 valence electrons. The van der Waals surface area contributed by atoms with Gasteiger partial charge in [-0.2, -0.15) is 0 Å². The molecule has 0 amide bonds. The maximum atomic E-state index is 10.9. The number of ether oxygens (including phenoxy) is 1. The number of anilines is 1. The van der Waals surface area contributed by atoms with Crippen LogP contribution in [0.25, 0.3) is 0 Å². The summed E-state index contributed by atoms with van der Waals surface area (Å²) >= 11 is 5.71. The van der Waals surface area contributed by atoms with Crippen LogP contribution in [0.5, 0.6) is 11.5 Å². The van der Waals surface area contributed by atoms with Gasteiger partial charge >= 0.3 is 5.69 Å². The first-order valence-corrected chi connectivity index (χ1v) is 5.42. The van der Waals surface area contributed by atoms with Crippen molar-refractivity contribution in [3.05, 3.63) is 57.6 Å². The van der Waals surface area contributed by atoms with E-state index in [-0.39, 0.29) is 16.5 Å². The van der Waals surface area contributed by atoms with Gasteiger partial charge in [0.2, 0.25) is 5.75 Å². The van der Waals surface area contributed by atoms with Crippen LogP contribution in [0, 0.1) is 10.1 Å². The summed E-state index contributed by atoms with van der Waals surface area (Å²) in [5.74, 6) is 0.463. The molecule has 0 atom stereocenters. The lowest BCUT2D eigenvalue weighted by Crippen LogP contribution is -1.95. The molecule has 0 radical (unpaired) electrons. The molecule has 5 nitrogen and oxygen atoms in total. The van der Waals surface area contributed by atoms with Gasteiger partial charge in [0, 0.05) is 11.1 Å². The molecule has 0 aliphatic heterocycles. The molecule has 2 aromatic carbocycles. The molecule has 0 aliphatic carbocycles. The topological polar surface area (TPSA) is 78.4 Å². The van der Waals surface area contributed by atoms with Crippen LogP contribution in [-0.2, 0) is 0 Å². The second-order valence-electron chi connectivity index (χ2n) is 3.51. The summed E-state index contributed by atoms with van der Waals surface area (Å²) in [6, 6.07) is 10.9. The highest BCUT2D eigenvalue weighted by Gasteiger charge is 2.17. The summed E-state index contributed by atoms with van der Waals surface area (Å²) in [6.07, 6.45) is 0. The van der Waals surface area contributed by atoms with Crippen molar-refractivity contribution in [3.63, 3.8) is 0 Å². The Kier molecular flexibility index (Phi) is 3.34. The number of nitro benzene ring substituents is 1. The molecule has 0 heterocycles. The van der Waals surface area contributed by atoms with Crippen LogP contribution < -0.4 is 10.5 Å². The predicted octanol–water partition coefficient (Wildman–Crippen LogP) is 3.62. The predicted molar refractivity (Wildman–Crippen MR) is 69.0 cm³/mol. The van der Waals surface area contributed by atoms with Gasteiger partial charge in [0.1, 0.15) is 0 Å². The van der Waals surface area contributed by atoms with Crippen molar-refractivity contribution in [2.24, 2.45) is 0 Å². The first-order chi connectivity index (χ1) is 8.58. The Labute approximate surface area is 108 Å². The zero-order valence-corrected chi connectivity index (χ0v) is 9.92.